The van der Waals surface area contributed by atoms with E-state index in [1.165, 1.54) is 6.07 Å². The van der Waals surface area contributed by atoms with E-state index in [-0.39, 0.29) is 5.56 Å². The maximum absolute atomic E-state index is 13.4. The molecule has 1 aromatic carbocycles. The molecule has 0 radical (unpaired) electrons. The minimum atomic E-state index is -0.867. The van der Waals surface area contributed by atoms with Gasteiger partial charge in [0.2, 0.25) is 0 Å². The van der Waals surface area contributed by atoms with Crippen molar-refractivity contribution in [3.05, 3.63) is 75.1 Å². The van der Waals surface area contributed by atoms with Crippen molar-refractivity contribution in [3.8, 4) is 11.5 Å². The van der Waals surface area contributed by atoms with E-state index in [9.17, 15) is 13.6 Å². The lowest BCUT2D eigenvalue weighted by Crippen LogP contribution is -2.35. The summed E-state index contributed by atoms with van der Waals surface area (Å²) in [6, 6.07) is 3.86. The van der Waals surface area contributed by atoms with E-state index in [0.29, 0.717) is 48.7 Å². The molecule has 0 aliphatic carbocycles. The standard InChI is InChI=1S/C19H17F2N5O/c1-11-7-23-17(8-22-11)18-24-16-4-5-26(10-13(16)19(27)25-18)9-12-2-3-14(20)15(21)6-12/h2-3,6-8H,4-5,9-10H2,1H3,(H,24,25,27). The number of fused-ring (bicyclic) bond motifs is 1. The molecule has 6 nitrogen and oxygen atoms in total. The smallest absolute Gasteiger partial charge is 0.255 e. The number of benzene rings is 1. The number of nitrogens with zero attached hydrogens (tertiary/aromatic N) is 4. The Kier molecular flexibility index (Phi) is 4.49. The number of aromatic nitrogens is 4. The third-order valence-electron chi connectivity index (χ3n) is 4.56. The fraction of sp³-hybridized carbons (Fsp3) is 0.263. The van der Waals surface area contributed by atoms with Crippen LogP contribution in [0.15, 0.2) is 35.4 Å². The molecule has 0 bridgehead atoms. The lowest BCUT2D eigenvalue weighted by atomic mass is 10.1. The van der Waals surface area contributed by atoms with Crippen LogP contribution in [-0.4, -0.2) is 31.4 Å². The minimum Gasteiger partial charge on any atom is -0.305 e. The predicted octanol–water partition coefficient (Wildman–Crippen LogP) is 2.37. The Morgan fingerprint density at radius 1 is 1.19 bits per heavy atom. The number of rotatable bonds is 3. The topological polar surface area (TPSA) is 74.8 Å². The van der Waals surface area contributed by atoms with Crippen LogP contribution < -0.4 is 5.56 Å². The van der Waals surface area contributed by atoms with Crippen LogP contribution in [0.3, 0.4) is 0 Å². The van der Waals surface area contributed by atoms with E-state index in [4.69, 9.17) is 0 Å². The van der Waals surface area contributed by atoms with Crippen LogP contribution in [0.4, 0.5) is 8.78 Å². The zero-order valence-electron chi connectivity index (χ0n) is 14.7. The Morgan fingerprint density at radius 3 is 2.78 bits per heavy atom. The summed E-state index contributed by atoms with van der Waals surface area (Å²) in [5.41, 5.74) is 3.07. The zero-order chi connectivity index (χ0) is 19.0. The molecule has 27 heavy (non-hydrogen) atoms. The summed E-state index contributed by atoms with van der Waals surface area (Å²) in [5.74, 6) is -1.33. The highest BCUT2D eigenvalue weighted by Crippen LogP contribution is 2.19. The molecule has 0 atom stereocenters. The Morgan fingerprint density at radius 2 is 2.04 bits per heavy atom. The Balaban J connectivity index is 1.57. The first kappa shape index (κ1) is 17.4. The van der Waals surface area contributed by atoms with Gasteiger partial charge in [0.25, 0.3) is 5.56 Å². The third kappa shape index (κ3) is 3.61. The van der Waals surface area contributed by atoms with Gasteiger partial charge in [0.05, 0.1) is 23.1 Å². The molecule has 0 amide bonds. The summed E-state index contributed by atoms with van der Waals surface area (Å²) in [4.78, 5) is 30.3. The molecule has 0 unspecified atom stereocenters. The summed E-state index contributed by atoms with van der Waals surface area (Å²) in [5, 5.41) is 0. The van der Waals surface area contributed by atoms with Crippen molar-refractivity contribution >= 4 is 0 Å². The molecule has 1 aliphatic rings. The average Bonchev–Trinajstić information content (AvgIpc) is 2.66. The van der Waals surface area contributed by atoms with Crippen molar-refractivity contribution in [2.24, 2.45) is 0 Å². The normalized spacial score (nSPS) is 14.2. The van der Waals surface area contributed by atoms with E-state index < -0.39 is 11.6 Å². The number of halogens is 2. The quantitative estimate of drug-likeness (QED) is 0.767. The van der Waals surface area contributed by atoms with Gasteiger partial charge < -0.3 is 4.98 Å². The molecule has 3 aromatic rings. The van der Waals surface area contributed by atoms with E-state index in [2.05, 4.69) is 19.9 Å². The van der Waals surface area contributed by atoms with Crippen molar-refractivity contribution in [3.63, 3.8) is 0 Å². The lowest BCUT2D eigenvalue weighted by molar-refractivity contribution is 0.241. The largest absolute Gasteiger partial charge is 0.305 e. The van der Waals surface area contributed by atoms with Crippen molar-refractivity contribution in [1.29, 1.82) is 0 Å². The molecule has 0 saturated heterocycles. The molecular weight excluding hydrogens is 352 g/mol. The highest BCUT2D eigenvalue weighted by molar-refractivity contribution is 5.48. The number of H-pyrrole nitrogens is 1. The zero-order valence-corrected chi connectivity index (χ0v) is 14.7. The molecule has 8 heteroatoms. The molecular formula is C19H17F2N5O. The highest BCUT2D eigenvalue weighted by Gasteiger charge is 2.22. The van der Waals surface area contributed by atoms with Gasteiger partial charge >= 0.3 is 0 Å². The SMILES string of the molecule is Cc1cnc(-c2nc3c(c(=O)[nH]2)CN(Cc2ccc(F)c(F)c2)CC3)cn1. The average molecular weight is 369 g/mol. The maximum Gasteiger partial charge on any atom is 0.255 e. The summed E-state index contributed by atoms with van der Waals surface area (Å²) >= 11 is 0. The minimum absolute atomic E-state index is 0.215. The Labute approximate surface area is 153 Å². The van der Waals surface area contributed by atoms with Gasteiger partial charge in [-0.3, -0.25) is 14.7 Å². The van der Waals surface area contributed by atoms with Crippen LogP contribution in [-0.2, 0) is 19.5 Å². The van der Waals surface area contributed by atoms with E-state index in [1.807, 2.05) is 11.8 Å². The van der Waals surface area contributed by atoms with Crippen LogP contribution in [0.1, 0.15) is 22.5 Å². The Hall–Kier alpha value is -3.00. The summed E-state index contributed by atoms with van der Waals surface area (Å²) < 4.78 is 26.5. The molecule has 2 aromatic heterocycles. The number of aromatic amines is 1. The molecule has 0 fully saturated rings. The van der Waals surface area contributed by atoms with Gasteiger partial charge in [0, 0.05) is 32.3 Å². The van der Waals surface area contributed by atoms with Crippen LogP contribution >= 0.6 is 0 Å². The number of hydrogen-bond acceptors (Lipinski definition) is 5. The second-order valence-corrected chi connectivity index (χ2v) is 6.59. The van der Waals surface area contributed by atoms with Crippen LogP contribution in [0.2, 0.25) is 0 Å². The van der Waals surface area contributed by atoms with Crippen molar-refractivity contribution in [2.45, 2.75) is 26.4 Å². The molecule has 0 spiro atoms. The molecule has 4 rings (SSSR count). The first-order valence-corrected chi connectivity index (χ1v) is 8.57. The number of hydrogen-bond donors (Lipinski definition) is 1. The van der Waals surface area contributed by atoms with Gasteiger partial charge in [-0.25, -0.2) is 18.7 Å². The summed E-state index contributed by atoms with van der Waals surface area (Å²) in [6.07, 6.45) is 3.80. The Bertz CT molecular complexity index is 1050. The highest BCUT2D eigenvalue weighted by atomic mass is 19.2. The second-order valence-electron chi connectivity index (χ2n) is 6.59. The summed E-state index contributed by atoms with van der Waals surface area (Å²) in [7, 11) is 0. The lowest BCUT2D eigenvalue weighted by Gasteiger charge is -2.27. The van der Waals surface area contributed by atoms with Gasteiger partial charge in [-0.05, 0) is 24.6 Å². The van der Waals surface area contributed by atoms with Crippen LogP contribution in [0.25, 0.3) is 11.5 Å². The molecule has 1 aliphatic heterocycles. The van der Waals surface area contributed by atoms with E-state index >= 15 is 0 Å². The fourth-order valence-corrected chi connectivity index (χ4v) is 3.15. The second kappa shape index (κ2) is 6.96. The maximum atomic E-state index is 13.4. The van der Waals surface area contributed by atoms with Gasteiger partial charge in [0.1, 0.15) is 5.69 Å². The van der Waals surface area contributed by atoms with Gasteiger partial charge in [0.15, 0.2) is 17.5 Å². The fourth-order valence-electron chi connectivity index (χ4n) is 3.15. The summed E-state index contributed by atoms with van der Waals surface area (Å²) in [6.45, 7) is 3.33. The molecule has 1 N–H and O–H groups in total. The van der Waals surface area contributed by atoms with Crippen molar-refractivity contribution in [2.75, 3.05) is 6.54 Å². The van der Waals surface area contributed by atoms with Crippen molar-refractivity contribution in [1.82, 2.24) is 24.8 Å². The third-order valence-corrected chi connectivity index (χ3v) is 4.56. The van der Waals surface area contributed by atoms with Gasteiger partial charge in [-0.2, -0.15) is 0 Å². The number of aryl methyl sites for hydroxylation is 1. The number of nitrogens with one attached hydrogen (secondary N) is 1. The predicted molar refractivity (Wildman–Crippen MR) is 94.8 cm³/mol. The van der Waals surface area contributed by atoms with Gasteiger partial charge in [-0.1, -0.05) is 6.07 Å². The van der Waals surface area contributed by atoms with Gasteiger partial charge in [-0.15, -0.1) is 0 Å². The van der Waals surface area contributed by atoms with E-state index in [1.54, 1.807) is 18.5 Å². The molecule has 0 saturated carbocycles. The molecule has 138 valence electrons. The monoisotopic (exact) mass is 369 g/mol. The first-order chi connectivity index (χ1) is 13.0. The van der Waals surface area contributed by atoms with Crippen LogP contribution in [0.5, 0.6) is 0 Å². The van der Waals surface area contributed by atoms with Crippen molar-refractivity contribution < 1.29 is 8.78 Å². The van der Waals surface area contributed by atoms with Crippen LogP contribution in [0, 0.1) is 18.6 Å². The first-order valence-electron chi connectivity index (χ1n) is 8.57. The molecule has 3 heterocycles. The van der Waals surface area contributed by atoms with E-state index in [0.717, 1.165) is 17.5 Å².